The topological polar surface area (TPSA) is 71.4 Å². The highest BCUT2D eigenvalue weighted by atomic mass is 16.6. The van der Waals surface area contributed by atoms with Crippen molar-refractivity contribution in [3.05, 3.63) is 35.9 Å². The van der Waals surface area contributed by atoms with E-state index in [1.54, 1.807) is 4.90 Å². The van der Waals surface area contributed by atoms with Crippen molar-refractivity contribution in [2.45, 2.75) is 83.0 Å². The van der Waals surface area contributed by atoms with Crippen molar-refractivity contribution < 1.29 is 19.5 Å². The zero-order valence-corrected chi connectivity index (χ0v) is 17.8. The molecule has 2 fully saturated rings. The van der Waals surface area contributed by atoms with Gasteiger partial charge < -0.3 is 14.7 Å². The van der Waals surface area contributed by atoms with Crippen molar-refractivity contribution in [1.82, 2.24) is 4.90 Å². The van der Waals surface area contributed by atoms with Gasteiger partial charge >= 0.3 is 6.09 Å². The van der Waals surface area contributed by atoms with Crippen LogP contribution in [-0.4, -0.2) is 52.8 Å². The molecule has 1 aliphatic carbocycles. The Kier molecular flexibility index (Phi) is 7.17. The van der Waals surface area contributed by atoms with Gasteiger partial charge in [0, 0.05) is 6.54 Å². The molecule has 2 aliphatic rings. The van der Waals surface area contributed by atoms with Crippen molar-refractivity contribution >= 4 is 11.8 Å². The lowest BCUT2D eigenvalue weighted by atomic mass is 9.83. The third kappa shape index (κ3) is 5.95. The lowest BCUT2D eigenvalue weighted by Crippen LogP contribution is -2.53. The largest absolute Gasteiger partial charge is 0.444 e. The van der Waals surface area contributed by atoms with Crippen LogP contribution in [0, 0.1) is 0 Å². The van der Waals surface area contributed by atoms with Gasteiger partial charge in [-0.15, -0.1) is 0 Å². The predicted molar refractivity (Wildman–Crippen MR) is 113 cm³/mol. The van der Waals surface area contributed by atoms with Gasteiger partial charge in [-0.25, -0.2) is 4.79 Å². The molecule has 1 unspecified atom stereocenters. The van der Waals surface area contributed by atoms with Gasteiger partial charge in [-0.05, 0) is 70.8 Å². The molecule has 1 N–H and O–H groups in total. The molecule has 160 valence electrons. The summed E-state index contributed by atoms with van der Waals surface area (Å²) in [6.07, 6.45) is 5.46. The van der Waals surface area contributed by atoms with Crippen LogP contribution in [0.5, 0.6) is 0 Å². The molecule has 0 bridgehead atoms. The maximum atomic E-state index is 12.6. The van der Waals surface area contributed by atoms with E-state index in [1.807, 2.05) is 20.8 Å². The minimum atomic E-state index is -0.563. The molecule has 1 heterocycles. The molecule has 0 aromatic heterocycles. The Balaban J connectivity index is 1.56. The van der Waals surface area contributed by atoms with Gasteiger partial charge in [0.25, 0.3) is 0 Å². The molecular formula is C23H34N2O4. The van der Waals surface area contributed by atoms with Crippen LogP contribution in [-0.2, 0) is 9.47 Å². The lowest BCUT2D eigenvalue weighted by Gasteiger charge is -2.38. The van der Waals surface area contributed by atoms with Crippen molar-refractivity contribution in [1.29, 1.82) is 0 Å². The lowest BCUT2D eigenvalue weighted by molar-refractivity contribution is -0.0161. The highest BCUT2D eigenvalue weighted by Gasteiger charge is 2.35. The van der Waals surface area contributed by atoms with Crippen LogP contribution in [0.4, 0.5) is 4.79 Å². The summed E-state index contributed by atoms with van der Waals surface area (Å²) < 4.78 is 11.8. The number of carbonyl (C=O) groups is 1. The zero-order chi connectivity index (χ0) is 20.9. The standard InChI is InChI=1S/C23H34N2O4/c1-23(2,3)29-22(26)25-15-7-10-20(24-27)21(25)16-28-19-13-11-18(12-14-19)17-8-5-4-6-9-17/h4-6,8-9,18-19,21,27H,7,10-16H2,1-3H3/t18-,19+,21?. The minimum absolute atomic E-state index is 0.178. The Morgan fingerprint density at radius 2 is 1.86 bits per heavy atom. The molecule has 29 heavy (non-hydrogen) atoms. The maximum Gasteiger partial charge on any atom is 0.410 e. The number of nitrogens with zero attached hydrogens (tertiary/aromatic N) is 2. The number of rotatable bonds is 4. The summed E-state index contributed by atoms with van der Waals surface area (Å²) in [5.41, 5.74) is 1.44. The SMILES string of the molecule is CC(C)(C)OC(=O)N1CCCC(=NO)C1CO[C@H]1CC[C@@H](c2ccccc2)CC1. The third-order valence-electron chi connectivity index (χ3n) is 5.78. The number of hydrogen-bond acceptors (Lipinski definition) is 5. The van der Waals surface area contributed by atoms with E-state index in [9.17, 15) is 10.0 Å². The van der Waals surface area contributed by atoms with Gasteiger partial charge in [0.05, 0.1) is 18.4 Å². The van der Waals surface area contributed by atoms with Crippen LogP contribution >= 0.6 is 0 Å². The number of carbonyl (C=O) groups excluding carboxylic acids is 1. The molecule has 1 amide bonds. The van der Waals surface area contributed by atoms with E-state index >= 15 is 0 Å². The molecule has 6 heteroatoms. The number of amides is 1. The van der Waals surface area contributed by atoms with E-state index in [0.717, 1.165) is 32.1 Å². The molecule has 1 saturated carbocycles. The van der Waals surface area contributed by atoms with Crippen LogP contribution < -0.4 is 0 Å². The fourth-order valence-corrected chi connectivity index (χ4v) is 4.29. The first-order valence-electron chi connectivity index (χ1n) is 10.7. The van der Waals surface area contributed by atoms with Gasteiger partial charge in [-0.2, -0.15) is 0 Å². The Morgan fingerprint density at radius 1 is 1.17 bits per heavy atom. The highest BCUT2D eigenvalue weighted by Crippen LogP contribution is 2.34. The summed E-state index contributed by atoms with van der Waals surface area (Å²) in [6.45, 7) is 6.49. The summed E-state index contributed by atoms with van der Waals surface area (Å²) in [5.74, 6) is 0.596. The monoisotopic (exact) mass is 402 g/mol. The first-order chi connectivity index (χ1) is 13.9. The Labute approximate surface area is 173 Å². The Morgan fingerprint density at radius 3 is 2.48 bits per heavy atom. The predicted octanol–water partition coefficient (Wildman–Crippen LogP) is 4.96. The van der Waals surface area contributed by atoms with E-state index in [1.165, 1.54) is 5.56 Å². The number of oxime groups is 1. The van der Waals surface area contributed by atoms with Crippen LogP contribution in [0.3, 0.4) is 0 Å². The summed E-state index contributed by atoms with van der Waals surface area (Å²) in [4.78, 5) is 14.3. The van der Waals surface area contributed by atoms with E-state index < -0.39 is 5.60 Å². The average Bonchev–Trinajstić information content (AvgIpc) is 2.71. The van der Waals surface area contributed by atoms with E-state index in [4.69, 9.17) is 9.47 Å². The molecule has 6 nitrogen and oxygen atoms in total. The quantitative estimate of drug-likeness (QED) is 0.571. The number of likely N-dealkylation sites (tertiary alicyclic amines) is 1. The van der Waals surface area contributed by atoms with Gasteiger partial charge in [0.2, 0.25) is 0 Å². The minimum Gasteiger partial charge on any atom is -0.444 e. The second kappa shape index (κ2) is 9.61. The molecule has 1 aromatic carbocycles. The van der Waals surface area contributed by atoms with E-state index in [-0.39, 0.29) is 18.2 Å². The van der Waals surface area contributed by atoms with E-state index in [0.29, 0.717) is 31.2 Å². The van der Waals surface area contributed by atoms with E-state index in [2.05, 4.69) is 35.5 Å². The fourth-order valence-electron chi connectivity index (χ4n) is 4.29. The molecule has 3 rings (SSSR count). The van der Waals surface area contributed by atoms with Gasteiger partial charge in [-0.1, -0.05) is 35.5 Å². The van der Waals surface area contributed by atoms with Crippen molar-refractivity contribution in [2.75, 3.05) is 13.2 Å². The second-order valence-corrected chi connectivity index (χ2v) is 9.10. The van der Waals surface area contributed by atoms with Crippen LogP contribution in [0.25, 0.3) is 0 Å². The number of benzene rings is 1. The third-order valence-corrected chi connectivity index (χ3v) is 5.78. The normalized spacial score (nSPS) is 27.1. The van der Waals surface area contributed by atoms with Crippen LogP contribution in [0.2, 0.25) is 0 Å². The van der Waals surface area contributed by atoms with Crippen LogP contribution in [0.1, 0.15) is 70.8 Å². The Hall–Kier alpha value is -2.08. The first kappa shape index (κ1) is 21.6. The highest BCUT2D eigenvalue weighted by molar-refractivity contribution is 5.92. The molecule has 1 atom stereocenters. The van der Waals surface area contributed by atoms with Gasteiger partial charge in [-0.3, -0.25) is 4.90 Å². The van der Waals surface area contributed by atoms with Crippen LogP contribution in [0.15, 0.2) is 35.5 Å². The smallest absolute Gasteiger partial charge is 0.410 e. The Bertz CT molecular complexity index is 691. The summed E-state index contributed by atoms with van der Waals surface area (Å²) in [6, 6.07) is 10.3. The van der Waals surface area contributed by atoms with Crippen molar-refractivity contribution in [3.63, 3.8) is 0 Å². The molecular weight excluding hydrogens is 368 g/mol. The molecule has 0 radical (unpaired) electrons. The average molecular weight is 403 g/mol. The first-order valence-corrected chi connectivity index (χ1v) is 10.7. The maximum absolute atomic E-state index is 12.6. The zero-order valence-electron chi connectivity index (χ0n) is 17.8. The fraction of sp³-hybridized carbons (Fsp3) is 0.652. The molecule has 1 saturated heterocycles. The van der Waals surface area contributed by atoms with Crippen molar-refractivity contribution in [3.8, 4) is 0 Å². The summed E-state index contributed by atoms with van der Waals surface area (Å²) in [7, 11) is 0. The second-order valence-electron chi connectivity index (χ2n) is 9.10. The number of ether oxygens (including phenoxy) is 2. The molecule has 0 spiro atoms. The van der Waals surface area contributed by atoms with Gasteiger partial charge in [0.1, 0.15) is 11.6 Å². The molecule has 1 aliphatic heterocycles. The van der Waals surface area contributed by atoms with Crippen molar-refractivity contribution in [2.24, 2.45) is 5.16 Å². The number of piperidine rings is 1. The summed E-state index contributed by atoms with van der Waals surface area (Å²) >= 11 is 0. The summed E-state index contributed by atoms with van der Waals surface area (Å²) in [5, 5.41) is 12.9. The molecule has 1 aromatic rings. The number of hydrogen-bond donors (Lipinski definition) is 1. The van der Waals surface area contributed by atoms with Gasteiger partial charge in [0.15, 0.2) is 0 Å².